The number of fused-ring (bicyclic) bond motifs is 1. The third kappa shape index (κ3) is 6.71. The summed E-state index contributed by atoms with van der Waals surface area (Å²) in [5, 5.41) is 2.93. The molecule has 38 heavy (non-hydrogen) atoms. The number of benzene rings is 1. The zero-order chi connectivity index (χ0) is 27.5. The van der Waals surface area contributed by atoms with Crippen molar-refractivity contribution in [3.63, 3.8) is 0 Å². The monoisotopic (exact) mass is 555 g/mol. The van der Waals surface area contributed by atoms with Crippen molar-refractivity contribution in [3.05, 3.63) is 58.9 Å². The third-order valence-electron chi connectivity index (χ3n) is 7.00. The fourth-order valence-electron chi connectivity index (χ4n) is 4.86. The van der Waals surface area contributed by atoms with Crippen molar-refractivity contribution >= 4 is 15.7 Å². The van der Waals surface area contributed by atoms with Crippen molar-refractivity contribution in [3.8, 4) is 0 Å². The molecule has 2 aromatic rings. The van der Waals surface area contributed by atoms with E-state index in [2.05, 4.69) is 15.2 Å². The Bertz CT molecular complexity index is 1230. The first-order valence-electron chi connectivity index (χ1n) is 12.5. The van der Waals surface area contributed by atoms with Gasteiger partial charge in [0.05, 0.1) is 41.2 Å². The highest BCUT2D eigenvalue weighted by Crippen LogP contribution is 2.33. The smallest absolute Gasteiger partial charge is 0.382 e. The van der Waals surface area contributed by atoms with Crippen molar-refractivity contribution in [2.75, 3.05) is 32.6 Å². The van der Waals surface area contributed by atoms with Gasteiger partial charge in [0.15, 0.2) is 15.9 Å². The van der Waals surface area contributed by atoms with Gasteiger partial charge < -0.3 is 14.8 Å². The van der Waals surface area contributed by atoms with Crippen molar-refractivity contribution in [1.82, 2.24) is 15.2 Å². The minimum absolute atomic E-state index is 0.000295. The zero-order valence-corrected chi connectivity index (χ0v) is 22.1. The molecule has 8 nitrogen and oxygen atoms in total. The Morgan fingerprint density at radius 3 is 2.58 bits per heavy atom. The second-order valence-electron chi connectivity index (χ2n) is 9.76. The minimum Gasteiger partial charge on any atom is -0.382 e. The van der Waals surface area contributed by atoms with E-state index in [1.54, 1.807) is 25.1 Å². The molecular formula is C26H32F3N3O5S. The summed E-state index contributed by atoms with van der Waals surface area (Å²) >= 11 is 0. The first kappa shape index (κ1) is 28.5. The Morgan fingerprint density at radius 1 is 1.24 bits per heavy atom. The number of amides is 1. The maximum atomic E-state index is 13.1. The van der Waals surface area contributed by atoms with E-state index in [9.17, 15) is 26.4 Å². The number of nitrogens with one attached hydrogen (secondary N) is 1. The van der Waals surface area contributed by atoms with Crippen LogP contribution in [0.25, 0.3) is 0 Å². The number of carbonyl (C=O) groups is 1. The molecule has 1 amide bonds. The predicted molar refractivity (Wildman–Crippen MR) is 133 cm³/mol. The fourth-order valence-corrected chi connectivity index (χ4v) is 5.74. The molecule has 2 aliphatic heterocycles. The van der Waals surface area contributed by atoms with Crippen LogP contribution in [0.4, 0.5) is 13.2 Å². The van der Waals surface area contributed by atoms with Crippen LogP contribution in [0.5, 0.6) is 0 Å². The Labute approximate surface area is 220 Å². The molecule has 1 aromatic carbocycles. The van der Waals surface area contributed by atoms with E-state index in [0.29, 0.717) is 37.2 Å². The highest BCUT2D eigenvalue weighted by Gasteiger charge is 2.43. The molecule has 2 aliphatic rings. The molecule has 4 rings (SSSR count). The average Bonchev–Trinajstić information content (AvgIpc) is 3.29. The maximum absolute atomic E-state index is 13.1. The number of hydrogen-bond acceptors (Lipinski definition) is 7. The van der Waals surface area contributed by atoms with Gasteiger partial charge in [-0.2, -0.15) is 13.2 Å². The minimum atomic E-state index is -4.32. The normalized spacial score (nSPS) is 21.2. The van der Waals surface area contributed by atoms with Gasteiger partial charge in [-0.15, -0.1) is 0 Å². The highest BCUT2D eigenvalue weighted by atomic mass is 32.2. The summed E-state index contributed by atoms with van der Waals surface area (Å²) in [4.78, 5) is 19.9. The summed E-state index contributed by atoms with van der Waals surface area (Å²) in [6.07, 6.45) is -4.07. The maximum Gasteiger partial charge on any atom is 0.414 e. The second kappa shape index (κ2) is 11.7. The third-order valence-corrected chi connectivity index (χ3v) is 8.75. The van der Waals surface area contributed by atoms with Crippen molar-refractivity contribution < 1.29 is 35.9 Å². The lowest BCUT2D eigenvalue weighted by Crippen LogP contribution is -2.40. The van der Waals surface area contributed by atoms with Crippen LogP contribution < -0.4 is 5.32 Å². The summed E-state index contributed by atoms with van der Waals surface area (Å²) in [6, 6.07) is 7.66. The first-order valence-corrected chi connectivity index (χ1v) is 14.2. The van der Waals surface area contributed by atoms with Gasteiger partial charge in [-0.05, 0) is 48.1 Å². The zero-order valence-electron chi connectivity index (χ0n) is 21.3. The Morgan fingerprint density at radius 2 is 1.97 bits per heavy atom. The van der Waals surface area contributed by atoms with Crippen LogP contribution in [0.2, 0.25) is 0 Å². The number of ether oxygens (including phenoxy) is 2. The Balaban J connectivity index is 1.36. The van der Waals surface area contributed by atoms with Crippen LogP contribution in [-0.2, 0) is 32.4 Å². The highest BCUT2D eigenvalue weighted by molar-refractivity contribution is 7.91. The fraction of sp³-hybridized carbons (Fsp3) is 0.538. The van der Waals surface area contributed by atoms with E-state index in [4.69, 9.17) is 9.47 Å². The van der Waals surface area contributed by atoms with Gasteiger partial charge in [0.25, 0.3) is 5.91 Å². The summed E-state index contributed by atoms with van der Waals surface area (Å²) in [5.41, 5.74) is 2.83. The lowest BCUT2D eigenvalue weighted by molar-refractivity contribution is -0.236. The van der Waals surface area contributed by atoms with Gasteiger partial charge >= 0.3 is 6.18 Å². The van der Waals surface area contributed by atoms with Crippen LogP contribution >= 0.6 is 0 Å². The van der Waals surface area contributed by atoms with E-state index >= 15 is 0 Å². The number of alkyl halides is 3. The van der Waals surface area contributed by atoms with Crippen LogP contribution in [0.3, 0.4) is 0 Å². The SMILES string of the molecule is CCS(=O)(=O)c1ccc([C@H](COC)NC(=O)c2cnc3c(c2)CN(C[C@@H]2CC[C@H](C(F)(F)F)OC2)C3)cc1. The van der Waals surface area contributed by atoms with E-state index in [-0.39, 0.29) is 42.1 Å². The number of pyridine rings is 1. The molecule has 1 aromatic heterocycles. The standard InChI is InChI=1S/C26H32F3N3O5S/c1-3-38(34,35)21-7-5-18(6-8-21)23(16-36-2)31-25(33)19-10-20-13-32(14-22(20)30-11-19)12-17-4-9-24(37-15-17)26(27,28)29/h5-8,10-11,17,23-24H,3-4,9,12-16H2,1-2H3,(H,31,33)/t17-,23-,24+/m0/s1. The Hall–Kier alpha value is -2.54. The van der Waals surface area contributed by atoms with Crippen LogP contribution in [0.1, 0.15) is 53.0 Å². The lowest BCUT2D eigenvalue weighted by atomic mass is 9.97. The first-order chi connectivity index (χ1) is 18.0. The van der Waals surface area contributed by atoms with E-state index in [1.807, 2.05) is 0 Å². The molecule has 1 N–H and O–H groups in total. The number of methoxy groups -OCH3 is 1. The van der Waals surface area contributed by atoms with E-state index in [1.165, 1.54) is 25.4 Å². The van der Waals surface area contributed by atoms with Crippen molar-refractivity contribution in [2.45, 2.75) is 56.1 Å². The number of halogens is 3. The molecule has 3 atom stereocenters. The van der Waals surface area contributed by atoms with Gasteiger partial charge in [0.1, 0.15) is 0 Å². The van der Waals surface area contributed by atoms with Crippen LogP contribution in [-0.4, -0.2) is 69.1 Å². The molecule has 12 heteroatoms. The molecule has 0 radical (unpaired) electrons. The molecule has 0 saturated carbocycles. The van der Waals surface area contributed by atoms with Crippen LogP contribution in [0, 0.1) is 5.92 Å². The number of nitrogens with zero attached hydrogens (tertiary/aromatic N) is 2. The lowest BCUT2D eigenvalue weighted by Gasteiger charge is -2.32. The number of carbonyl (C=O) groups excluding carboxylic acids is 1. The summed E-state index contributed by atoms with van der Waals surface area (Å²) < 4.78 is 73.0. The van der Waals surface area contributed by atoms with E-state index < -0.39 is 28.2 Å². The number of rotatable bonds is 9. The van der Waals surface area contributed by atoms with Gasteiger partial charge in [0.2, 0.25) is 0 Å². The Kier molecular flexibility index (Phi) is 8.75. The van der Waals surface area contributed by atoms with Crippen LogP contribution in [0.15, 0.2) is 41.4 Å². The second-order valence-corrected chi connectivity index (χ2v) is 12.0. The molecule has 0 unspecified atom stereocenters. The number of sulfone groups is 1. The molecular weight excluding hydrogens is 523 g/mol. The topological polar surface area (TPSA) is 97.8 Å². The van der Waals surface area contributed by atoms with Gasteiger partial charge in [-0.25, -0.2) is 8.42 Å². The molecule has 0 bridgehead atoms. The molecule has 1 fully saturated rings. The van der Waals surface area contributed by atoms with Gasteiger partial charge in [0, 0.05) is 32.9 Å². The molecule has 208 valence electrons. The molecule has 1 saturated heterocycles. The summed E-state index contributed by atoms with van der Waals surface area (Å²) in [5.74, 6) is -0.329. The predicted octanol–water partition coefficient (Wildman–Crippen LogP) is 3.67. The van der Waals surface area contributed by atoms with Gasteiger partial charge in [-0.3, -0.25) is 14.7 Å². The molecule has 0 spiro atoms. The quantitative estimate of drug-likeness (QED) is 0.504. The van der Waals surface area contributed by atoms with Crippen molar-refractivity contribution in [1.29, 1.82) is 0 Å². The summed E-state index contributed by atoms with van der Waals surface area (Å²) in [6.45, 7) is 3.56. The number of hydrogen-bond donors (Lipinski definition) is 1. The molecule has 3 heterocycles. The largest absolute Gasteiger partial charge is 0.414 e. The average molecular weight is 556 g/mol. The molecule has 0 aliphatic carbocycles. The van der Waals surface area contributed by atoms with E-state index in [0.717, 1.165) is 11.3 Å². The number of aromatic nitrogens is 1. The van der Waals surface area contributed by atoms with Crippen molar-refractivity contribution in [2.24, 2.45) is 5.92 Å². The summed E-state index contributed by atoms with van der Waals surface area (Å²) in [7, 11) is -1.82. The van der Waals surface area contributed by atoms with Gasteiger partial charge in [-0.1, -0.05) is 19.1 Å².